The Bertz CT molecular complexity index is 497. The van der Waals surface area contributed by atoms with Crippen LogP contribution in [0.4, 0.5) is 0 Å². The average Bonchev–Trinajstić information content (AvgIpc) is 2.28. The Morgan fingerprint density at radius 2 is 2.12 bits per heavy atom. The summed E-state index contributed by atoms with van der Waals surface area (Å²) in [6, 6.07) is 1.65. The Morgan fingerprint density at radius 1 is 1.38 bits per heavy atom. The molecule has 0 aromatic carbocycles. The molecule has 0 radical (unpaired) electrons. The molecule has 1 aromatic rings. The van der Waals surface area contributed by atoms with E-state index in [1.807, 2.05) is 0 Å². The zero-order chi connectivity index (χ0) is 11.8. The van der Waals surface area contributed by atoms with Gasteiger partial charge in [0, 0.05) is 12.8 Å². The zero-order valence-electron chi connectivity index (χ0n) is 8.75. The molecule has 0 aliphatic carbocycles. The highest BCUT2D eigenvalue weighted by molar-refractivity contribution is 9.10. The van der Waals surface area contributed by atoms with E-state index >= 15 is 0 Å². The molecule has 0 atom stereocenters. The number of rotatable bonds is 3. The van der Waals surface area contributed by atoms with Crippen molar-refractivity contribution >= 4 is 15.9 Å². The second-order valence-corrected chi connectivity index (χ2v) is 4.09. The maximum atomic E-state index is 11.2. The van der Waals surface area contributed by atoms with E-state index < -0.39 is 5.63 Å². The minimum atomic E-state index is -0.403. The normalized spacial score (nSPS) is 9.00. The van der Waals surface area contributed by atoms with Gasteiger partial charge in [-0.05, 0) is 34.8 Å². The van der Waals surface area contributed by atoms with Crippen LogP contribution < -0.4 is 5.63 Å². The first kappa shape index (κ1) is 12.6. The molecule has 0 amide bonds. The third-order valence-corrected chi connectivity index (χ3v) is 2.29. The molecule has 1 aromatic heterocycles. The smallest absolute Gasteiger partial charge is 0.351 e. The quantitative estimate of drug-likeness (QED) is 0.629. The van der Waals surface area contributed by atoms with E-state index in [0.717, 1.165) is 25.7 Å². The minimum Gasteiger partial charge on any atom is -0.429 e. The molecule has 16 heavy (non-hydrogen) atoms. The second-order valence-electron chi connectivity index (χ2n) is 3.18. The lowest BCUT2D eigenvalue weighted by atomic mass is 10.2. The molecule has 0 aliphatic rings. The van der Waals surface area contributed by atoms with Crippen LogP contribution in [0.25, 0.3) is 0 Å². The summed E-state index contributed by atoms with van der Waals surface area (Å²) in [5.74, 6) is 8.30. The van der Waals surface area contributed by atoms with Gasteiger partial charge in [0.25, 0.3) is 0 Å². The van der Waals surface area contributed by atoms with Gasteiger partial charge in [-0.3, -0.25) is 0 Å². The van der Waals surface area contributed by atoms with Gasteiger partial charge in [0.1, 0.15) is 11.8 Å². The highest BCUT2D eigenvalue weighted by atomic mass is 79.9. The first-order chi connectivity index (χ1) is 7.74. The summed E-state index contributed by atoms with van der Waals surface area (Å²) >= 11 is 3.22. The summed E-state index contributed by atoms with van der Waals surface area (Å²) in [6.07, 6.45) is 9.92. The van der Waals surface area contributed by atoms with E-state index in [-0.39, 0.29) is 0 Å². The predicted octanol–water partition coefficient (Wildman–Crippen LogP) is 2.95. The van der Waals surface area contributed by atoms with Crippen LogP contribution in [0.5, 0.6) is 0 Å². The van der Waals surface area contributed by atoms with Crippen molar-refractivity contribution in [2.75, 3.05) is 0 Å². The summed E-state index contributed by atoms with van der Waals surface area (Å²) in [6.45, 7) is 0. The van der Waals surface area contributed by atoms with Crippen molar-refractivity contribution in [2.24, 2.45) is 0 Å². The van der Waals surface area contributed by atoms with E-state index in [9.17, 15) is 4.79 Å². The van der Waals surface area contributed by atoms with Gasteiger partial charge in [0.2, 0.25) is 0 Å². The van der Waals surface area contributed by atoms with Crippen LogP contribution in [0.15, 0.2) is 26.0 Å². The molecule has 0 saturated carbocycles. The number of hydrogen-bond donors (Lipinski definition) is 0. The van der Waals surface area contributed by atoms with Crippen molar-refractivity contribution in [2.45, 2.75) is 25.7 Å². The highest BCUT2D eigenvalue weighted by Gasteiger charge is 1.97. The van der Waals surface area contributed by atoms with Gasteiger partial charge in [-0.1, -0.05) is 11.8 Å². The molecule has 1 heterocycles. The van der Waals surface area contributed by atoms with E-state index in [2.05, 4.69) is 33.7 Å². The van der Waals surface area contributed by atoms with Gasteiger partial charge >= 0.3 is 5.63 Å². The predicted molar refractivity (Wildman–Crippen MR) is 66.9 cm³/mol. The Hall–Kier alpha value is -1.45. The summed E-state index contributed by atoms with van der Waals surface area (Å²) < 4.78 is 5.46. The Balaban J connectivity index is 2.54. The van der Waals surface area contributed by atoms with Crippen molar-refractivity contribution in [1.29, 1.82) is 0 Å². The molecule has 0 aliphatic heterocycles. The largest absolute Gasteiger partial charge is 0.429 e. The van der Waals surface area contributed by atoms with Crippen molar-refractivity contribution in [3.05, 3.63) is 32.8 Å². The van der Waals surface area contributed by atoms with Crippen molar-refractivity contribution in [3.63, 3.8) is 0 Å². The maximum Gasteiger partial charge on any atom is 0.351 e. The summed E-state index contributed by atoms with van der Waals surface area (Å²) in [7, 11) is 0. The average molecular weight is 279 g/mol. The molecular weight excluding hydrogens is 268 g/mol. The van der Waals surface area contributed by atoms with E-state index in [4.69, 9.17) is 10.8 Å². The van der Waals surface area contributed by atoms with Crippen LogP contribution in [0.2, 0.25) is 0 Å². The fourth-order valence-electron chi connectivity index (χ4n) is 1.09. The SMILES string of the molecule is C#CCCCCC#Cc1cc(Br)coc1=O. The first-order valence-electron chi connectivity index (χ1n) is 4.94. The lowest BCUT2D eigenvalue weighted by Crippen LogP contribution is -2.02. The minimum absolute atomic E-state index is 0.381. The van der Waals surface area contributed by atoms with Gasteiger partial charge in [-0.2, -0.15) is 0 Å². The maximum absolute atomic E-state index is 11.2. The van der Waals surface area contributed by atoms with Crippen molar-refractivity contribution < 1.29 is 4.42 Å². The molecule has 0 bridgehead atoms. The van der Waals surface area contributed by atoms with E-state index in [1.165, 1.54) is 6.26 Å². The molecule has 0 saturated heterocycles. The molecule has 0 fully saturated rings. The number of terminal acetylenes is 1. The fourth-order valence-corrected chi connectivity index (χ4v) is 1.41. The number of unbranched alkanes of at least 4 members (excludes halogenated alkanes) is 3. The van der Waals surface area contributed by atoms with E-state index in [0.29, 0.717) is 10.0 Å². The fraction of sp³-hybridized carbons (Fsp3) is 0.308. The Morgan fingerprint density at radius 3 is 2.88 bits per heavy atom. The molecule has 82 valence electrons. The molecule has 2 nitrogen and oxygen atoms in total. The van der Waals surface area contributed by atoms with Gasteiger partial charge in [0.05, 0.1) is 4.47 Å². The molecule has 0 spiro atoms. The van der Waals surface area contributed by atoms with Crippen LogP contribution >= 0.6 is 15.9 Å². The molecule has 3 heteroatoms. The summed E-state index contributed by atoms with van der Waals surface area (Å²) in [5, 5.41) is 0. The Kier molecular flexibility index (Phi) is 5.46. The summed E-state index contributed by atoms with van der Waals surface area (Å²) in [5.41, 5.74) is -0.0225. The molecular formula is C13H11BrO2. The summed E-state index contributed by atoms with van der Waals surface area (Å²) in [4.78, 5) is 11.2. The van der Waals surface area contributed by atoms with Gasteiger partial charge in [-0.15, -0.1) is 12.3 Å². The van der Waals surface area contributed by atoms with Gasteiger partial charge in [-0.25, -0.2) is 4.79 Å². The standard InChI is InChI=1S/C13H11BrO2/c1-2-3-4-5-6-7-8-11-9-12(14)10-16-13(11)15/h1,9-10H,3-6H2. The second kappa shape index (κ2) is 6.93. The number of halogens is 1. The Labute approximate surface area is 103 Å². The lowest BCUT2D eigenvalue weighted by molar-refractivity contribution is 0.505. The van der Waals surface area contributed by atoms with Gasteiger partial charge < -0.3 is 4.42 Å². The van der Waals surface area contributed by atoms with Crippen molar-refractivity contribution in [3.8, 4) is 24.2 Å². The van der Waals surface area contributed by atoms with Crippen LogP contribution in [0, 0.1) is 24.2 Å². The molecule has 0 N–H and O–H groups in total. The van der Waals surface area contributed by atoms with Crippen LogP contribution in [0.3, 0.4) is 0 Å². The number of hydrogen-bond acceptors (Lipinski definition) is 2. The van der Waals surface area contributed by atoms with Crippen molar-refractivity contribution in [1.82, 2.24) is 0 Å². The van der Waals surface area contributed by atoms with E-state index in [1.54, 1.807) is 6.07 Å². The topological polar surface area (TPSA) is 30.2 Å². The molecule has 0 unspecified atom stereocenters. The van der Waals surface area contributed by atoms with Gasteiger partial charge in [0.15, 0.2) is 0 Å². The zero-order valence-corrected chi connectivity index (χ0v) is 10.3. The van der Waals surface area contributed by atoms with Crippen LogP contribution in [0.1, 0.15) is 31.2 Å². The van der Waals surface area contributed by atoms with Crippen LogP contribution in [-0.4, -0.2) is 0 Å². The lowest BCUT2D eigenvalue weighted by Gasteiger charge is -1.90. The third-order valence-electron chi connectivity index (χ3n) is 1.88. The monoisotopic (exact) mass is 278 g/mol. The molecule has 1 rings (SSSR count). The first-order valence-corrected chi connectivity index (χ1v) is 5.74. The van der Waals surface area contributed by atoms with Crippen LogP contribution in [-0.2, 0) is 0 Å². The highest BCUT2D eigenvalue weighted by Crippen LogP contribution is 2.07. The third kappa shape index (κ3) is 4.38.